The largest absolute Gasteiger partial charge is 0.455 e. The normalized spacial score (nSPS) is 12.1. The fraction of sp³-hybridized carbons (Fsp3) is 0.0938. The van der Waals surface area contributed by atoms with E-state index in [1.54, 1.807) is 23.9 Å². The number of aryl methyl sites for hydroxylation is 1. The van der Waals surface area contributed by atoms with E-state index < -0.39 is 22.5 Å². The highest BCUT2D eigenvalue weighted by molar-refractivity contribution is 7.99. The van der Waals surface area contributed by atoms with Gasteiger partial charge in [0.2, 0.25) is 15.9 Å². The van der Waals surface area contributed by atoms with Crippen LogP contribution in [0.5, 0.6) is 17.4 Å². The summed E-state index contributed by atoms with van der Waals surface area (Å²) in [6.07, 6.45) is 0.428. The number of esters is 1. The highest BCUT2D eigenvalue weighted by atomic mass is 32.2. The van der Waals surface area contributed by atoms with Gasteiger partial charge in [0.25, 0.3) is 0 Å². The first-order chi connectivity index (χ1) is 20.3. The topological polar surface area (TPSA) is 107 Å². The molecular weight excluding hydrogens is 571 g/mol. The molecule has 1 aromatic heterocycles. The van der Waals surface area contributed by atoms with Crippen molar-refractivity contribution < 1.29 is 22.7 Å². The van der Waals surface area contributed by atoms with Gasteiger partial charge in [-0.15, -0.1) is 10.2 Å². The van der Waals surface area contributed by atoms with Gasteiger partial charge in [-0.3, -0.25) is 4.79 Å². The van der Waals surface area contributed by atoms with E-state index in [0.717, 1.165) is 38.0 Å². The van der Waals surface area contributed by atoms with Gasteiger partial charge in [0.15, 0.2) is 0 Å². The Hall–Kier alpha value is -4.51. The van der Waals surface area contributed by atoms with Gasteiger partial charge in [-0.05, 0) is 61.0 Å². The highest BCUT2D eigenvalue weighted by Crippen LogP contribution is 2.47. The summed E-state index contributed by atoms with van der Waals surface area (Å²) in [6, 6.07) is 31.5. The Morgan fingerprint density at radius 1 is 0.857 bits per heavy atom. The number of nitrogens with zero attached hydrogens (tertiary/aromatic N) is 2. The summed E-state index contributed by atoms with van der Waals surface area (Å²) in [4.78, 5) is 14.8. The molecule has 0 saturated heterocycles. The lowest BCUT2D eigenvalue weighted by molar-refractivity contribution is -0.133. The minimum atomic E-state index is -3.89. The Balaban J connectivity index is 1.24. The summed E-state index contributed by atoms with van der Waals surface area (Å²) in [5, 5.41) is 8.59. The molecule has 0 radical (unpaired) electrons. The second kappa shape index (κ2) is 11.8. The molecule has 0 saturated carbocycles. The minimum absolute atomic E-state index is 0.0201. The summed E-state index contributed by atoms with van der Waals surface area (Å²) < 4.78 is 39.1. The summed E-state index contributed by atoms with van der Waals surface area (Å²) in [6.45, 7) is 1.30. The van der Waals surface area contributed by atoms with Crippen LogP contribution in [0.25, 0.3) is 11.3 Å². The van der Waals surface area contributed by atoms with Crippen molar-refractivity contribution in [3.05, 3.63) is 120 Å². The zero-order chi connectivity index (χ0) is 29.1. The standard InChI is InChI=1S/C32H25N3O5S2/c1-21-11-14-25(15-12-21)42(37,38)33-20-31(36)40-32-24(17-22-7-3-2-4-8-22)18-26(34-35-32)23-13-16-28-30(19-23)41-29-10-6-5-9-27(29)39-28/h2-16,18-19,33H,17,20H2,1H3. The van der Waals surface area contributed by atoms with E-state index in [0.29, 0.717) is 17.7 Å². The molecule has 210 valence electrons. The number of aromatic nitrogens is 2. The van der Waals surface area contributed by atoms with Gasteiger partial charge in [0.05, 0.1) is 20.4 Å². The maximum Gasteiger partial charge on any atom is 0.327 e. The van der Waals surface area contributed by atoms with Gasteiger partial charge in [-0.25, -0.2) is 8.42 Å². The van der Waals surface area contributed by atoms with Crippen LogP contribution in [0, 0.1) is 6.92 Å². The zero-order valence-corrected chi connectivity index (χ0v) is 24.1. The van der Waals surface area contributed by atoms with E-state index in [9.17, 15) is 13.2 Å². The van der Waals surface area contributed by atoms with Crippen LogP contribution in [0.2, 0.25) is 0 Å². The Kier molecular flexibility index (Phi) is 7.75. The predicted molar refractivity (Wildman–Crippen MR) is 159 cm³/mol. The van der Waals surface area contributed by atoms with Crippen LogP contribution in [-0.2, 0) is 21.2 Å². The van der Waals surface area contributed by atoms with Crippen LogP contribution in [0.3, 0.4) is 0 Å². The first-order valence-electron chi connectivity index (χ1n) is 13.1. The number of sulfonamides is 1. The van der Waals surface area contributed by atoms with Gasteiger partial charge in [0.1, 0.15) is 18.0 Å². The number of nitrogens with one attached hydrogen (secondary N) is 1. The number of rotatable bonds is 8. The van der Waals surface area contributed by atoms with Gasteiger partial charge >= 0.3 is 5.97 Å². The van der Waals surface area contributed by atoms with Crippen molar-refractivity contribution in [2.75, 3.05) is 6.54 Å². The lowest BCUT2D eigenvalue weighted by atomic mass is 10.0. The summed E-state index contributed by atoms with van der Waals surface area (Å²) in [5.41, 5.74) is 3.97. The third-order valence-corrected chi connectivity index (χ3v) is 9.06. The molecule has 42 heavy (non-hydrogen) atoms. The van der Waals surface area contributed by atoms with Crippen molar-refractivity contribution in [2.24, 2.45) is 0 Å². The summed E-state index contributed by atoms with van der Waals surface area (Å²) in [5.74, 6) is 0.799. The molecule has 0 spiro atoms. The number of fused-ring (bicyclic) bond motifs is 2. The van der Waals surface area contributed by atoms with Gasteiger partial charge in [-0.1, -0.05) is 71.9 Å². The maximum absolute atomic E-state index is 12.7. The molecule has 0 aliphatic carbocycles. The molecule has 6 rings (SSSR count). The second-order valence-corrected chi connectivity index (χ2v) is 12.5. The number of carbonyl (C=O) groups excluding carboxylic acids is 1. The highest BCUT2D eigenvalue weighted by Gasteiger charge is 2.21. The Morgan fingerprint density at radius 2 is 1.60 bits per heavy atom. The third-order valence-electron chi connectivity index (χ3n) is 6.55. The molecule has 4 aromatic carbocycles. The van der Waals surface area contributed by atoms with Gasteiger partial charge < -0.3 is 9.47 Å². The van der Waals surface area contributed by atoms with E-state index in [2.05, 4.69) is 14.9 Å². The van der Waals surface area contributed by atoms with Crippen LogP contribution in [0.1, 0.15) is 16.7 Å². The molecule has 0 atom stereocenters. The van der Waals surface area contributed by atoms with Crippen LogP contribution in [0.15, 0.2) is 118 Å². The van der Waals surface area contributed by atoms with Crippen molar-refractivity contribution in [3.8, 4) is 28.6 Å². The quantitative estimate of drug-likeness (QED) is 0.208. The Bertz CT molecular complexity index is 1880. The number of hydrogen-bond donors (Lipinski definition) is 1. The Labute approximate surface area is 247 Å². The molecule has 10 heteroatoms. The smallest absolute Gasteiger partial charge is 0.327 e. The zero-order valence-electron chi connectivity index (χ0n) is 22.5. The molecule has 0 unspecified atom stereocenters. The molecule has 8 nitrogen and oxygen atoms in total. The van der Waals surface area contributed by atoms with Crippen LogP contribution in [-0.4, -0.2) is 31.1 Å². The average Bonchev–Trinajstić information content (AvgIpc) is 3.00. The molecule has 1 aliphatic heterocycles. The number of carbonyl (C=O) groups is 1. The van der Waals surface area contributed by atoms with E-state index in [-0.39, 0.29) is 10.8 Å². The number of hydrogen-bond acceptors (Lipinski definition) is 8. The first-order valence-corrected chi connectivity index (χ1v) is 15.4. The Morgan fingerprint density at radius 3 is 2.40 bits per heavy atom. The monoisotopic (exact) mass is 595 g/mol. The third kappa shape index (κ3) is 6.20. The predicted octanol–water partition coefficient (Wildman–Crippen LogP) is 6.18. The molecule has 0 fully saturated rings. The van der Waals surface area contributed by atoms with Crippen molar-refractivity contribution in [1.82, 2.24) is 14.9 Å². The summed E-state index contributed by atoms with van der Waals surface area (Å²) in [7, 11) is -3.89. The first kappa shape index (κ1) is 27.6. The second-order valence-electron chi connectivity index (χ2n) is 9.65. The number of benzene rings is 4. The van der Waals surface area contributed by atoms with Crippen molar-refractivity contribution in [3.63, 3.8) is 0 Å². The fourth-order valence-corrected chi connectivity index (χ4v) is 6.33. The lowest BCUT2D eigenvalue weighted by Crippen LogP contribution is -2.32. The van der Waals surface area contributed by atoms with Crippen molar-refractivity contribution in [2.45, 2.75) is 28.0 Å². The maximum atomic E-state index is 12.7. The van der Waals surface area contributed by atoms with E-state index in [1.807, 2.05) is 85.8 Å². The molecular formula is C32H25N3O5S2. The number of ether oxygens (including phenoxy) is 2. The van der Waals surface area contributed by atoms with Crippen molar-refractivity contribution in [1.29, 1.82) is 0 Å². The molecule has 0 amide bonds. The molecule has 5 aromatic rings. The lowest BCUT2D eigenvalue weighted by Gasteiger charge is -2.20. The fourth-order valence-electron chi connectivity index (χ4n) is 4.37. The average molecular weight is 596 g/mol. The summed E-state index contributed by atoms with van der Waals surface area (Å²) >= 11 is 1.62. The molecule has 1 aliphatic rings. The van der Waals surface area contributed by atoms with Gasteiger partial charge in [-0.2, -0.15) is 4.72 Å². The van der Waals surface area contributed by atoms with Gasteiger partial charge in [0, 0.05) is 17.5 Å². The van der Waals surface area contributed by atoms with E-state index in [1.165, 1.54) is 12.1 Å². The SMILES string of the molecule is Cc1ccc(S(=O)(=O)NCC(=O)Oc2nnc(-c3ccc4c(c3)Sc3ccccc3O4)cc2Cc2ccccc2)cc1. The van der Waals surface area contributed by atoms with Crippen LogP contribution < -0.4 is 14.2 Å². The minimum Gasteiger partial charge on any atom is -0.455 e. The van der Waals surface area contributed by atoms with Crippen LogP contribution >= 0.6 is 11.8 Å². The van der Waals surface area contributed by atoms with E-state index >= 15 is 0 Å². The molecule has 1 N–H and O–H groups in total. The molecule has 2 heterocycles. The number of para-hydroxylation sites is 1. The van der Waals surface area contributed by atoms with E-state index in [4.69, 9.17) is 9.47 Å². The molecule has 0 bridgehead atoms. The van der Waals surface area contributed by atoms with Crippen LogP contribution in [0.4, 0.5) is 0 Å². The van der Waals surface area contributed by atoms with Crippen molar-refractivity contribution >= 4 is 27.8 Å².